The van der Waals surface area contributed by atoms with Gasteiger partial charge in [-0.1, -0.05) is 36.9 Å². The smallest absolute Gasteiger partial charge is 0.298 e. The van der Waals surface area contributed by atoms with Crippen molar-refractivity contribution in [2.75, 3.05) is 4.90 Å². The Labute approximate surface area is 150 Å². The number of nitrogens with zero attached hydrogens (tertiary/aromatic N) is 1. The topological polar surface area (TPSA) is 46.6 Å². The van der Waals surface area contributed by atoms with Crippen molar-refractivity contribution >= 4 is 28.6 Å². The van der Waals surface area contributed by atoms with Crippen LogP contribution in [0.15, 0.2) is 60.0 Å². The highest BCUT2D eigenvalue weighted by molar-refractivity contribution is 8.18. The molecule has 0 bridgehead atoms. The summed E-state index contributed by atoms with van der Waals surface area (Å²) < 4.78 is 6.12. The zero-order chi connectivity index (χ0) is 17.4. The number of carbonyl (C=O) groups excluding carboxylic acids is 2. The predicted octanol–water partition coefficient (Wildman–Crippen LogP) is 4.34. The number of ether oxygens (including phenoxy) is 1. The first-order valence-corrected chi connectivity index (χ1v) is 9.02. The fourth-order valence-corrected chi connectivity index (χ4v) is 3.88. The Kier molecular flexibility index (Phi) is 4.09. The molecule has 25 heavy (non-hydrogen) atoms. The molecule has 2 heterocycles. The van der Waals surface area contributed by atoms with E-state index in [0.717, 1.165) is 42.3 Å². The molecule has 2 aliphatic rings. The van der Waals surface area contributed by atoms with Crippen LogP contribution in [0.4, 0.5) is 10.5 Å². The second kappa shape index (κ2) is 6.41. The number of hydrogen-bond acceptors (Lipinski definition) is 4. The molecule has 4 nitrogen and oxygen atoms in total. The number of imide groups is 1. The van der Waals surface area contributed by atoms with Crippen LogP contribution < -0.4 is 9.64 Å². The molecule has 0 aliphatic carbocycles. The van der Waals surface area contributed by atoms with E-state index in [1.165, 1.54) is 10.5 Å². The van der Waals surface area contributed by atoms with Gasteiger partial charge in [-0.25, -0.2) is 4.90 Å². The molecule has 2 amide bonds. The van der Waals surface area contributed by atoms with Crippen LogP contribution in [0.2, 0.25) is 0 Å². The van der Waals surface area contributed by atoms with Crippen LogP contribution in [0.1, 0.15) is 17.5 Å². The van der Waals surface area contributed by atoms with Gasteiger partial charge >= 0.3 is 0 Å². The Bertz CT molecular complexity index is 862. The second-order valence-corrected chi connectivity index (χ2v) is 7.24. The molecule has 1 unspecified atom stereocenters. The van der Waals surface area contributed by atoms with Gasteiger partial charge in [0, 0.05) is 6.42 Å². The number of thioether (sulfide) groups is 1. The van der Waals surface area contributed by atoms with Crippen LogP contribution in [0, 0.1) is 0 Å². The van der Waals surface area contributed by atoms with Crippen molar-refractivity contribution in [2.24, 2.45) is 0 Å². The van der Waals surface area contributed by atoms with Gasteiger partial charge in [0.1, 0.15) is 11.9 Å². The van der Waals surface area contributed by atoms with Crippen LogP contribution in [0.3, 0.4) is 0 Å². The molecule has 0 radical (unpaired) electrons. The van der Waals surface area contributed by atoms with Crippen LogP contribution in [-0.4, -0.2) is 17.3 Å². The third kappa shape index (κ3) is 3.07. The molecule has 1 atom stereocenters. The number of aryl methyl sites for hydroxylation is 1. The summed E-state index contributed by atoms with van der Waals surface area (Å²) in [6, 6.07) is 15.8. The van der Waals surface area contributed by atoms with Gasteiger partial charge in [-0.2, -0.15) is 0 Å². The summed E-state index contributed by atoms with van der Waals surface area (Å²) in [7, 11) is 0. The van der Waals surface area contributed by atoms with Crippen molar-refractivity contribution in [3.63, 3.8) is 0 Å². The van der Waals surface area contributed by atoms with Crippen molar-refractivity contribution < 1.29 is 14.3 Å². The second-order valence-electron chi connectivity index (χ2n) is 6.19. The van der Waals surface area contributed by atoms with E-state index in [0.29, 0.717) is 5.69 Å². The average Bonchev–Trinajstić information content (AvgIpc) is 2.87. The van der Waals surface area contributed by atoms with Crippen LogP contribution in [0.25, 0.3) is 0 Å². The van der Waals surface area contributed by atoms with Crippen molar-refractivity contribution in [3.8, 4) is 5.75 Å². The summed E-state index contributed by atoms with van der Waals surface area (Å²) in [5.74, 6) is 0.495. The highest BCUT2D eigenvalue weighted by Gasteiger charge is 2.35. The molecule has 1 fully saturated rings. The molecule has 0 aromatic heterocycles. The van der Waals surface area contributed by atoms with E-state index < -0.39 is 0 Å². The fraction of sp³-hybridized carbons (Fsp3) is 0.200. The summed E-state index contributed by atoms with van der Waals surface area (Å²) in [4.78, 5) is 25.5. The Morgan fingerprint density at radius 3 is 2.68 bits per heavy atom. The third-order valence-corrected chi connectivity index (χ3v) is 5.25. The lowest BCUT2D eigenvalue weighted by Crippen LogP contribution is -2.28. The molecule has 4 rings (SSSR count). The van der Waals surface area contributed by atoms with Gasteiger partial charge in [0.25, 0.3) is 11.1 Å². The molecule has 0 saturated carbocycles. The van der Waals surface area contributed by atoms with E-state index in [1.54, 1.807) is 6.07 Å². The van der Waals surface area contributed by atoms with Gasteiger partial charge in [0.2, 0.25) is 0 Å². The molecule has 5 heteroatoms. The first-order chi connectivity index (χ1) is 12.1. The van der Waals surface area contributed by atoms with Gasteiger partial charge < -0.3 is 4.74 Å². The third-order valence-electron chi connectivity index (χ3n) is 4.47. The van der Waals surface area contributed by atoms with Gasteiger partial charge in [-0.15, -0.1) is 0 Å². The molecule has 2 aromatic rings. The van der Waals surface area contributed by atoms with Crippen LogP contribution >= 0.6 is 11.8 Å². The summed E-state index contributed by atoms with van der Waals surface area (Å²) in [5, 5.41) is -0.298. The lowest BCUT2D eigenvalue weighted by atomic mass is 9.97. The van der Waals surface area contributed by atoms with Crippen molar-refractivity contribution in [1.29, 1.82) is 0 Å². The standard InChI is InChI=1S/C20H17NO3S/c1-13-19(22)21(20(23)25-13)16-8-10-18-15(12-16)7-9-17(24-18)11-14-5-3-2-4-6-14/h2-6,8,10,12,17H,1,7,9,11H2. The fourth-order valence-electron chi connectivity index (χ4n) is 3.22. The molecular formula is C20H17NO3S. The van der Waals surface area contributed by atoms with Crippen molar-refractivity contribution in [2.45, 2.75) is 25.4 Å². The minimum Gasteiger partial charge on any atom is -0.490 e. The molecule has 2 aromatic carbocycles. The van der Waals surface area contributed by atoms with Crippen molar-refractivity contribution in [1.82, 2.24) is 0 Å². The van der Waals surface area contributed by atoms with Crippen LogP contribution in [-0.2, 0) is 17.6 Å². The maximum Gasteiger partial charge on any atom is 0.298 e. The zero-order valence-corrected chi connectivity index (χ0v) is 14.4. The van der Waals surface area contributed by atoms with E-state index >= 15 is 0 Å². The SMILES string of the molecule is C=C1SC(=O)N(c2ccc3c(c2)CCC(Cc2ccccc2)O3)C1=O. The van der Waals surface area contributed by atoms with Gasteiger partial charge in [0.15, 0.2) is 0 Å². The first-order valence-electron chi connectivity index (χ1n) is 8.20. The zero-order valence-electron chi connectivity index (χ0n) is 13.6. The molecule has 126 valence electrons. The predicted molar refractivity (Wildman–Crippen MR) is 98.9 cm³/mol. The average molecular weight is 351 g/mol. The Morgan fingerprint density at radius 1 is 1.16 bits per heavy atom. The number of amides is 2. The highest BCUT2D eigenvalue weighted by Crippen LogP contribution is 2.37. The number of fused-ring (bicyclic) bond motifs is 1. The lowest BCUT2D eigenvalue weighted by Gasteiger charge is -2.27. The lowest BCUT2D eigenvalue weighted by molar-refractivity contribution is -0.113. The van der Waals surface area contributed by atoms with E-state index in [1.807, 2.05) is 30.3 Å². The number of rotatable bonds is 3. The normalized spacial score (nSPS) is 19.8. The van der Waals surface area contributed by atoms with Gasteiger partial charge in [-0.3, -0.25) is 9.59 Å². The molecule has 0 spiro atoms. The summed E-state index contributed by atoms with van der Waals surface area (Å²) in [6.07, 6.45) is 2.80. The Balaban J connectivity index is 1.53. The maximum absolute atomic E-state index is 12.1. The number of anilines is 1. The summed E-state index contributed by atoms with van der Waals surface area (Å²) in [6.45, 7) is 3.62. The quantitative estimate of drug-likeness (QED) is 0.772. The highest BCUT2D eigenvalue weighted by atomic mass is 32.2. The maximum atomic E-state index is 12.1. The largest absolute Gasteiger partial charge is 0.490 e. The molecule has 0 N–H and O–H groups in total. The number of benzene rings is 2. The van der Waals surface area contributed by atoms with E-state index in [9.17, 15) is 9.59 Å². The van der Waals surface area contributed by atoms with E-state index in [2.05, 4.69) is 18.7 Å². The molecule has 1 saturated heterocycles. The van der Waals surface area contributed by atoms with Gasteiger partial charge in [0.05, 0.1) is 10.6 Å². The summed E-state index contributed by atoms with van der Waals surface area (Å²) >= 11 is 0.882. The Hall–Kier alpha value is -2.53. The minimum atomic E-state index is -0.339. The monoisotopic (exact) mass is 351 g/mol. The first kappa shape index (κ1) is 16.0. The number of hydrogen-bond donors (Lipinski definition) is 0. The summed E-state index contributed by atoms with van der Waals surface area (Å²) in [5.41, 5.74) is 2.88. The van der Waals surface area contributed by atoms with Crippen LogP contribution in [0.5, 0.6) is 5.75 Å². The Morgan fingerprint density at radius 2 is 1.96 bits per heavy atom. The molecule has 2 aliphatic heterocycles. The molecular weight excluding hydrogens is 334 g/mol. The van der Waals surface area contributed by atoms with Crippen molar-refractivity contribution in [3.05, 3.63) is 71.1 Å². The minimum absolute atomic E-state index is 0.145. The van der Waals surface area contributed by atoms with E-state index in [-0.39, 0.29) is 22.2 Å². The van der Waals surface area contributed by atoms with Gasteiger partial charge in [-0.05, 0) is 53.9 Å². The van der Waals surface area contributed by atoms with E-state index in [4.69, 9.17) is 4.74 Å². The number of carbonyl (C=O) groups is 2.